The van der Waals surface area contributed by atoms with E-state index in [1.54, 1.807) is 4.90 Å². The quantitative estimate of drug-likeness (QED) is 0.851. The third kappa shape index (κ3) is 2.10. The lowest BCUT2D eigenvalue weighted by molar-refractivity contribution is 0.145. The van der Waals surface area contributed by atoms with Gasteiger partial charge in [0, 0.05) is 31.0 Å². The van der Waals surface area contributed by atoms with Crippen LogP contribution < -0.4 is 5.73 Å². The lowest BCUT2D eigenvalue weighted by Crippen LogP contribution is -2.47. The molecule has 1 aliphatic rings. The molecule has 1 fully saturated rings. The van der Waals surface area contributed by atoms with Crippen LogP contribution in [-0.4, -0.2) is 46.5 Å². The molecule has 0 saturated carbocycles. The van der Waals surface area contributed by atoms with E-state index in [0.29, 0.717) is 13.1 Å². The summed E-state index contributed by atoms with van der Waals surface area (Å²) in [6, 6.07) is 4.16. The number of hydrogen-bond donors (Lipinski definition) is 2. The average Bonchev–Trinajstić information content (AvgIpc) is 2.89. The Morgan fingerprint density at radius 1 is 1.56 bits per heavy atom. The number of likely N-dealkylation sites (N-methyl/N-ethyl adjacent to an activating group) is 1. The van der Waals surface area contributed by atoms with Crippen LogP contribution >= 0.6 is 0 Å². The Bertz CT molecular complexity index is 413. The summed E-state index contributed by atoms with van der Waals surface area (Å²) >= 11 is 0. The van der Waals surface area contributed by atoms with E-state index in [9.17, 15) is 4.79 Å². The van der Waals surface area contributed by atoms with Gasteiger partial charge >= 0.3 is 6.03 Å². The molecule has 3 N–H and O–H groups in total. The van der Waals surface area contributed by atoms with Gasteiger partial charge in [-0.25, -0.2) is 4.79 Å². The van der Waals surface area contributed by atoms with Gasteiger partial charge in [0.2, 0.25) is 0 Å². The molecule has 18 heavy (non-hydrogen) atoms. The van der Waals surface area contributed by atoms with Gasteiger partial charge in [-0.1, -0.05) is 0 Å². The molecule has 100 valence electrons. The fraction of sp³-hybridized carbons (Fsp3) is 0.615. The molecule has 2 heterocycles. The first-order valence-electron chi connectivity index (χ1n) is 6.35. The molecule has 0 aliphatic carbocycles. The number of carbonyl (C=O) groups excluding carboxylic acids is 1. The number of H-pyrrole nitrogens is 1. The van der Waals surface area contributed by atoms with E-state index in [1.165, 1.54) is 0 Å². The highest BCUT2D eigenvalue weighted by molar-refractivity contribution is 5.78. The number of rotatable bonds is 4. The minimum absolute atomic E-state index is 0.0769. The van der Waals surface area contributed by atoms with Crippen LogP contribution in [0.15, 0.2) is 18.3 Å². The summed E-state index contributed by atoms with van der Waals surface area (Å²) in [6.07, 6.45) is 2.70. The van der Waals surface area contributed by atoms with Crippen LogP contribution in [0.5, 0.6) is 0 Å². The highest BCUT2D eigenvalue weighted by Gasteiger charge is 2.42. The lowest BCUT2D eigenvalue weighted by atomic mass is 9.98. The molecule has 1 aromatic heterocycles. The van der Waals surface area contributed by atoms with E-state index in [1.807, 2.05) is 30.3 Å². The number of nitrogens with one attached hydrogen (secondary N) is 1. The van der Waals surface area contributed by atoms with E-state index in [4.69, 9.17) is 5.73 Å². The van der Waals surface area contributed by atoms with Crippen molar-refractivity contribution in [2.45, 2.75) is 31.8 Å². The Kier molecular flexibility index (Phi) is 3.34. The van der Waals surface area contributed by atoms with Crippen molar-refractivity contribution in [3.63, 3.8) is 0 Å². The van der Waals surface area contributed by atoms with Crippen molar-refractivity contribution in [1.82, 2.24) is 14.8 Å². The van der Waals surface area contributed by atoms with Crippen LogP contribution in [0.25, 0.3) is 0 Å². The van der Waals surface area contributed by atoms with E-state index in [0.717, 1.165) is 12.1 Å². The number of nitrogens with zero attached hydrogens (tertiary/aromatic N) is 2. The third-order valence-electron chi connectivity index (χ3n) is 3.82. The van der Waals surface area contributed by atoms with Gasteiger partial charge in [-0.15, -0.1) is 0 Å². The first kappa shape index (κ1) is 13.0. The second kappa shape index (κ2) is 4.65. The highest BCUT2D eigenvalue weighted by atomic mass is 16.2. The standard InChI is InChI=1S/C13H22N4O/c1-13(2,6-7-14)17-9-11(16(3)12(17)18)10-5-4-8-15-10/h4-5,8,11,15H,6-7,9,14H2,1-3H3. The van der Waals surface area contributed by atoms with Gasteiger partial charge in [-0.2, -0.15) is 0 Å². The maximum atomic E-state index is 12.3. The molecule has 5 heteroatoms. The molecular weight excluding hydrogens is 228 g/mol. The highest BCUT2D eigenvalue weighted by Crippen LogP contribution is 2.32. The number of aromatic amines is 1. The molecule has 0 bridgehead atoms. The van der Waals surface area contributed by atoms with E-state index in [2.05, 4.69) is 18.8 Å². The predicted molar refractivity (Wildman–Crippen MR) is 71.1 cm³/mol. The van der Waals surface area contributed by atoms with Gasteiger partial charge in [0.1, 0.15) is 0 Å². The summed E-state index contributed by atoms with van der Waals surface area (Å²) in [5.74, 6) is 0. The smallest absolute Gasteiger partial charge is 0.320 e. The first-order chi connectivity index (χ1) is 8.47. The summed E-state index contributed by atoms with van der Waals surface area (Å²) in [7, 11) is 1.85. The summed E-state index contributed by atoms with van der Waals surface area (Å²) in [4.78, 5) is 19.2. The van der Waals surface area contributed by atoms with Crippen molar-refractivity contribution in [2.75, 3.05) is 20.1 Å². The molecule has 1 aliphatic heterocycles. The van der Waals surface area contributed by atoms with E-state index < -0.39 is 0 Å². The van der Waals surface area contributed by atoms with Gasteiger partial charge in [-0.05, 0) is 38.9 Å². The zero-order chi connectivity index (χ0) is 13.3. The van der Waals surface area contributed by atoms with Gasteiger partial charge < -0.3 is 20.5 Å². The maximum Gasteiger partial charge on any atom is 0.320 e. The molecule has 0 spiro atoms. The van der Waals surface area contributed by atoms with Crippen molar-refractivity contribution in [2.24, 2.45) is 5.73 Å². The van der Waals surface area contributed by atoms with Crippen LogP contribution in [0, 0.1) is 0 Å². The summed E-state index contributed by atoms with van der Waals surface area (Å²) in [6.45, 7) is 5.45. The van der Waals surface area contributed by atoms with Crippen molar-refractivity contribution in [1.29, 1.82) is 0 Å². The molecule has 0 aromatic carbocycles. The fourth-order valence-electron chi connectivity index (χ4n) is 2.55. The minimum Gasteiger partial charge on any atom is -0.363 e. The monoisotopic (exact) mass is 250 g/mol. The molecule has 1 saturated heterocycles. The fourth-order valence-corrected chi connectivity index (χ4v) is 2.55. The number of amides is 2. The largest absolute Gasteiger partial charge is 0.363 e. The second-order valence-corrected chi connectivity index (χ2v) is 5.50. The SMILES string of the molecule is CN1C(=O)N(C(C)(C)CCN)CC1c1ccc[nH]1. The van der Waals surface area contributed by atoms with Gasteiger partial charge in [0.15, 0.2) is 0 Å². The summed E-state index contributed by atoms with van der Waals surface area (Å²) < 4.78 is 0. The number of urea groups is 1. The van der Waals surface area contributed by atoms with Crippen molar-refractivity contribution < 1.29 is 4.79 Å². The Balaban J connectivity index is 2.20. The number of carbonyl (C=O) groups is 1. The van der Waals surface area contributed by atoms with Crippen LogP contribution in [0.3, 0.4) is 0 Å². The normalized spacial score (nSPS) is 20.9. The minimum atomic E-state index is -0.193. The van der Waals surface area contributed by atoms with Crippen molar-refractivity contribution in [3.8, 4) is 0 Å². The van der Waals surface area contributed by atoms with Crippen LogP contribution in [-0.2, 0) is 0 Å². The Labute approximate surface area is 108 Å². The molecule has 2 rings (SSSR count). The Hall–Kier alpha value is -1.49. The number of hydrogen-bond acceptors (Lipinski definition) is 2. The molecule has 0 radical (unpaired) electrons. The van der Waals surface area contributed by atoms with E-state index in [-0.39, 0.29) is 17.6 Å². The first-order valence-corrected chi connectivity index (χ1v) is 6.35. The summed E-state index contributed by atoms with van der Waals surface area (Å²) in [5.41, 5.74) is 6.52. The maximum absolute atomic E-state index is 12.3. The number of aromatic nitrogens is 1. The van der Waals surface area contributed by atoms with Crippen LogP contribution in [0.2, 0.25) is 0 Å². The zero-order valence-electron chi connectivity index (χ0n) is 11.3. The van der Waals surface area contributed by atoms with Gasteiger partial charge in [0.25, 0.3) is 0 Å². The van der Waals surface area contributed by atoms with Crippen LogP contribution in [0.4, 0.5) is 4.79 Å². The summed E-state index contributed by atoms with van der Waals surface area (Å²) in [5, 5.41) is 0. The third-order valence-corrected chi connectivity index (χ3v) is 3.82. The Morgan fingerprint density at radius 2 is 2.28 bits per heavy atom. The van der Waals surface area contributed by atoms with Crippen molar-refractivity contribution >= 4 is 6.03 Å². The van der Waals surface area contributed by atoms with Gasteiger partial charge in [0.05, 0.1) is 6.04 Å². The predicted octanol–water partition coefficient (Wildman–Crippen LogP) is 1.55. The zero-order valence-corrected chi connectivity index (χ0v) is 11.3. The second-order valence-electron chi connectivity index (χ2n) is 5.50. The topological polar surface area (TPSA) is 65.4 Å². The molecule has 1 aromatic rings. The van der Waals surface area contributed by atoms with Gasteiger partial charge in [-0.3, -0.25) is 0 Å². The molecule has 1 atom stereocenters. The Morgan fingerprint density at radius 3 is 2.83 bits per heavy atom. The molecular formula is C13H22N4O. The lowest BCUT2D eigenvalue weighted by Gasteiger charge is -2.34. The molecule has 2 amide bonds. The van der Waals surface area contributed by atoms with Crippen LogP contribution in [0.1, 0.15) is 32.0 Å². The van der Waals surface area contributed by atoms with Crippen molar-refractivity contribution in [3.05, 3.63) is 24.0 Å². The van der Waals surface area contributed by atoms with E-state index >= 15 is 0 Å². The molecule has 1 unspecified atom stereocenters. The number of nitrogens with two attached hydrogens (primary N) is 1. The average molecular weight is 250 g/mol. The molecule has 5 nitrogen and oxygen atoms in total.